The van der Waals surface area contributed by atoms with Crippen LogP contribution in [0.25, 0.3) is 0 Å². The average Bonchev–Trinajstić information content (AvgIpc) is 2.77. The van der Waals surface area contributed by atoms with Gasteiger partial charge in [-0.2, -0.15) is 0 Å². The van der Waals surface area contributed by atoms with Gasteiger partial charge in [0.25, 0.3) is 0 Å². The third-order valence-corrected chi connectivity index (χ3v) is 4.51. The first-order valence-electron chi connectivity index (χ1n) is 5.77. The molecule has 0 saturated heterocycles. The molecule has 0 fully saturated rings. The first-order chi connectivity index (χ1) is 8.69. The van der Waals surface area contributed by atoms with Gasteiger partial charge in [0.2, 0.25) is 0 Å². The molecule has 2 rings (SSSR count). The van der Waals surface area contributed by atoms with Crippen LogP contribution in [0.15, 0.2) is 40.2 Å². The Hall–Kier alpha value is -0.840. The molecule has 1 unspecified atom stereocenters. The van der Waals surface area contributed by atoms with E-state index in [1.165, 1.54) is 10.4 Å². The highest BCUT2D eigenvalue weighted by Crippen LogP contribution is 2.28. The number of ether oxygens (including phenoxy) is 1. The van der Waals surface area contributed by atoms with Crippen LogP contribution in [0.5, 0.6) is 0 Å². The molecule has 0 aliphatic heterocycles. The zero-order chi connectivity index (χ0) is 13.0. The van der Waals surface area contributed by atoms with E-state index in [9.17, 15) is 0 Å². The van der Waals surface area contributed by atoms with Crippen molar-refractivity contribution in [3.63, 3.8) is 0 Å². The molecule has 0 bridgehead atoms. The Bertz CT molecular complexity index is 512. The lowest BCUT2D eigenvalue weighted by atomic mass is 10.2. The second kappa shape index (κ2) is 6.36. The molecule has 96 valence electrons. The van der Waals surface area contributed by atoms with Gasteiger partial charge in [0.1, 0.15) is 0 Å². The van der Waals surface area contributed by atoms with Crippen LogP contribution >= 0.6 is 27.3 Å². The van der Waals surface area contributed by atoms with E-state index < -0.39 is 0 Å². The predicted molar refractivity (Wildman–Crippen MR) is 81.2 cm³/mol. The third kappa shape index (κ3) is 3.57. The summed E-state index contributed by atoms with van der Waals surface area (Å²) in [7, 11) is 1.71. The minimum absolute atomic E-state index is 0.305. The summed E-state index contributed by atoms with van der Waals surface area (Å²) in [5.74, 6) is 0. The highest BCUT2D eigenvalue weighted by molar-refractivity contribution is 9.10. The van der Waals surface area contributed by atoms with Crippen LogP contribution in [0.4, 0.5) is 5.69 Å². The van der Waals surface area contributed by atoms with Gasteiger partial charge in [-0.15, -0.1) is 11.3 Å². The van der Waals surface area contributed by atoms with Gasteiger partial charge in [-0.1, -0.05) is 12.1 Å². The van der Waals surface area contributed by atoms with E-state index in [0.29, 0.717) is 12.6 Å². The van der Waals surface area contributed by atoms with Crippen molar-refractivity contribution in [1.82, 2.24) is 0 Å². The number of rotatable bonds is 5. The van der Waals surface area contributed by atoms with Crippen molar-refractivity contribution < 1.29 is 4.74 Å². The molecular weight excluding hydrogens is 310 g/mol. The molecule has 1 heterocycles. The zero-order valence-electron chi connectivity index (χ0n) is 10.4. The second-order valence-corrected chi connectivity index (χ2v) is 6.03. The van der Waals surface area contributed by atoms with Gasteiger partial charge in [-0.25, -0.2) is 0 Å². The van der Waals surface area contributed by atoms with Crippen LogP contribution in [0, 0.1) is 0 Å². The molecule has 2 aromatic rings. The van der Waals surface area contributed by atoms with Gasteiger partial charge < -0.3 is 10.1 Å². The minimum atomic E-state index is 0.305. The Morgan fingerprint density at radius 2 is 2.22 bits per heavy atom. The van der Waals surface area contributed by atoms with E-state index in [-0.39, 0.29) is 0 Å². The largest absolute Gasteiger partial charge is 0.380 e. The highest BCUT2D eigenvalue weighted by atomic mass is 79.9. The van der Waals surface area contributed by atoms with Crippen molar-refractivity contribution in [2.75, 3.05) is 12.4 Å². The fourth-order valence-electron chi connectivity index (χ4n) is 1.79. The van der Waals surface area contributed by atoms with Crippen LogP contribution in [-0.4, -0.2) is 7.11 Å². The molecule has 0 spiro atoms. The average molecular weight is 326 g/mol. The standard InChI is InChI=1S/C14H16BrNOS/c1-10(14-7-12(15)9-18-14)16-13-5-3-4-11(6-13)8-17-2/h3-7,9-10,16H,8H2,1-2H3. The van der Waals surface area contributed by atoms with Gasteiger partial charge in [-0.05, 0) is 46.6 Å². The lowest BCUT2D eigenvalue weighted by molar-refractivity contribution is 0.185. The van der Waals surface area contributed by atoms with Gasteiger partial charge in [0, 0.05) is 27.5 Å². The van der Waals surface area contributed by atoms with E-state index in [2.05, 4.69) is 57.8 Å². The summed E-state index contributed by atoms with van der Waals surface area (Å²) < 4.78 is 6.29. The topological polar surface area (TPSA) is 21.3 Å². The molecule has 1 atom stereocenters. The number of hydrogen-bond acceptors (Lipinski definition) is 3. The maximum atomic E-state index is 5.14. The lowest BCUT2D eigenvalue weighted by Gasteiger charge is -2.14. The molecule has 0 radical (unpaired) electrons. The van der Waals surface area contributed by atoms with Crippen molar-refractivity contribution in [3.05, 3.63) is 50.6 Å². The van der Waals surface area contributed by atoms with E-state index in [1.54, 1.807) is 18.4 Å². The number of hydrogen-bond donors (Lipinski definition) is 1. The molecule has 18 heavy (non-hydrogen) atoms. The smallest absolute Gasteiger partial charge is 0.0713 e. The summed E-state index contributed by atoms with van der Waals surface area (Å²) in [4.78, 5) is 1.32. The van der Waals surface area contributed by atoms with Crippen LogP contribution < -0.4 is 5.32 Å². The highest BCUT2D eigenvalue weighted by Gasteiger charge is 2.08. The molecule has 1 N–H and O–H groups in total. The van der Waals surface area contributed by atoms with Gasteiger partial charge in [0.15, 0.2) is 0 Å². The van der Waals surface area contributed by atoms with Crippen molar-refractivity contribution in [2.45, 2.75) is 19.6 Å². The van der Waals surface area contributed by atoms with Crippen molar-refractivity contribution in [3.8, 4) is 0 Å². The SMILES string of the molecule is COCc1cccc(NC(C)c2cc(Br)cs2)c1. The molecule has 0 aliphatic carbocycles. The van der Waals surface area contributed by atoms with Crippen molar-refractivity contribution in [2.24, 2.45) is 0 Å². The normalized spacial score (nSPS) is 12.4. The van der Waals surface area contributed by atoms with Crippen LogP contribution in [-0.2, 0) is 11.3 Å². The number of halogens is 1. The summed E-state index contributed by atoms with van der Waals surface area (Å²) >= 11 is 5.24. The maximum Gasteiger partial charge on any atom is 0.0713 e. The summed E-state index contributed by atoms with van der Waals surface area (Å²) in [6.07, 6.45) is 0. The fraction of sp³-hybridized carbons (Fsp3) is 0.286. The zero-order valence-corrected chi connectivity index (χ0v) is 12.8. The number of benzene rings is 1. The molecule has 0 amide bonds. The molecule has 1 aromatic heterocycles. The van der Waals surface area contributed by atoms with Crippen molar-refractivity contribution in [1.29, 1.82) is 0 Å². The van der Waals surface area contributed by atoms with E-state index in [0.717, 1.165) is 10.2 Å². The Kier molecular flexibility index (Phi) is 4.80. The summed E-state index contributed by atoms with van der Waals surface area (Å²) in [6, 6.07) is 10.8. The molecule has 4 heteroatoms. The molecule has 0 saturated carbocycles. The van der Waals surface area contributed by atoms with Crippen LogP contribution in [0.2, 0.25) is 0 Å². The number of thiophene rings is 1. The third-order valence-electron chi connectivity index (χ3n) is 2.64. The Balaban J connectivity index is 2.06. The summed E-state index contributed by atoms with van der Waals surface area (Å²) in [5, 5.41) is 5.61. The summed E-state index contributed by atoms with van der Waals surface area (Å²) in [5.41, 5.74) is 2.31. The lowest BCUT2D eigenvalue weighted by Crippen LogP contribution is -2.05. The molecule has 0 aliphatic rings. The minimum Gasteiger partial charge on any atom is -0.380 e. The number of nitrogens with one attached hydrogen (secondary N) is 1. The maximum absolute atomic E-state index is 5.14. The van der Waals surface area contributed by atoms with Crippen molar-refractivity contribution >= 4 is 33.0 Å². The Morgan fingerprint density at radius 3 is 2.89 bits per heavy atom. The Morgan fingerprint density at radius 1 is 1.39 bits per heavy atom. The summed E-state index contributed by atoms with van der Waals surface area (Å²) in [6.45, 7) is 2.82. The second-order valence-electron chi connectivity index (χ2n) is 4.17. The number of methoxy groups -OCH3 is 1. The quantitative estimate of drug-likeness (QED) is 0.850. The first-order valence-corrected chi connectivity index (χ1v) is 7.44. The number of anilines is 1. The predicted octanol–water partition coefficient (Wildman–Crippen LogP) is 4.83. The molecule has 2 nitrogen and oxygen atoms in total. The fourth-order valence-corrected chi connectivity index (χ4v) is 3.25. The first kappa shape index (κ1) is 13.6. The van der Waals surface area contributed by atoms with Gasteiger partial charge in [0.05, 0.1) is 12.6 Å². The van der Waals surface area contributed by atoms with Gasteiger partial charge >= 0.3 is 0 Å². The van der Waals surface area contributed by atoms with E-state index in [4.69, 9.17) is 4.74 Å². The monoisotopic (exact) mass is 325 g/mol. The van der Waals surface area contributed by atoms with Gasteiger partial charge in [-0.3, -0.25) is 0 Å². The Labute approximate surface area is 120 Å². The van der Waals surface area contributed by atoms with E-state index >= 15 is 0 Å². The molecule has 1 aromatic carbocycles. The van der Waals surface area contributed by atoms with Crippen LogP contribution in [0.1, 0.15) is 23.4 Å². The van der Waals surface area contributed by atoms with Crippen LogP contribution in [0.3, 0.4) is 0 Å². The molecular formula is C14H16BrNOS. The van der Waals surface area contributed by atoms with E-state index in [1.807, 2.05) is 6.07 Å².